The number of hydrogen-bond donors (Lipinski definition) is 1. The maximum absolute atomic E-state index is 12.6. The highest BCUT2D eigenvalue weighted by Gasteiger charge is 2.25. The molecule has 0 aromatic heterocycles. The standard InChI is InChI=1S/C17H25N3O3/c1-12-4-5-14(11-15(12)23-3)17(22)20-8-6-19(7-9-20)16(21)10-13(2)18/h4-5,11,13H,6-10,18H2,1-3H3. The Hall–Kier alpha value is -2.08. The summed E-state index contributed by atoms with van der Waals surface area (Å²) >= 11 is 0. The summed E-state index contributed by atoms with van der Waals surface area (Å²) in [5.74, 6) is 0.744. The van der Waals surface area contributed by atoms with Gasteiger partial charge in [0.1, 0.15) is 5.75 Å². The highest BCUT2D eigenvalue weighted by molar-refractivity contribution is 5.95. The van der Waals surface area contributed by atoms with E-state index in [9.17, 15) is 9.59 Å². The lowest BCUT2D eigenvalue weighted by atomic mass is 10.1. The summed E-state index contributed by atoms with van der Waals surface area (Å²) in [5.41, 5.74) is 7.28. The number of ether oxygens (including phenoxy) is 1. The highest BCUT2D eigenvalue weighted by atomic mass is 16.5. The van der Waals surface area contributed by atoms with Crippen LogP contribution in [0.4, 0.5) is 0 Å². The fraction of sp³-hybridized carbons (Fsp3) is 0.529. The van der Waals surface area contributed by atoms with Crippen LogP contribution in [0.5, 0.6) is 5.75 Å². The molecule has 2 rings (SSSR count). The van der Waals surface area contributed by atoms with Crippen molar-refractivity contribution in [2.75, 3.05) is 33.3 Å². The van der Waals surface area contributed by atoms with Crippen LogP contribution in [0.1, 0.15) is 29.3 Å². The first kappa shape index (κ1) is 17.3. The Bertz CT molecular complexity index is 578. The summed E-state index contributed by atoms with van der Waals surface area (Å²) < 4.78 is 5.27. The molecule has 1 atom stereocenters. The minimum absolute atomic E-state index is 0.0254. The van der Waals surface area contributed by atoms with Gasteiger partial charge >= 0.3 is 0 Å². The minimum atomic E-state index is -0.137. The molecule has 1 aliphatic heterocycles. The number of piperazine rings is 1. The molecular formula is C17H25N3O3. The molecule has 1 heterocycles. The zero-order valence-electron chi connectivity index (χ0n) is 14.0. The van der Waals surface area contributed by atoms with Crippen LogP contribution in [0.15, 0.2) is 18.2 Å². The third-order valence-corrected chi connectivity index (χ3v) is 4.07. The van der Waals surface area contributed by atoms with E-state index in [1.165, 1.54) is 0 Å². The van der Waals surface area contributed by atoms with Gasteiger partial charge < -0.3 is 20.3 Å². The van der Waals surface area contributed by atoms with Gasteiger partial charge in [-0.25, -0.2) is 0 Å². The molecule has 0 radical (unpaired) electrons. The third-order valence-electron chi connectivity index (χ3n) is 4.07. The van der Waals surface area contributed by atoms with Crippen molar-refractivity contribution in [1.82, 2.24) is 9.80 Å². The second-order valence-corrected chi connectivity index (χ2v) is 6.04. The summed E-state index contributed by atoms with van der Waals surface area (Å²) in [6, 6.07) is 5.33. The van der Waals surface area contributed by atoms with E-state index in [1.807, 2.05) is 26.0 Å². The van der Waals surface area contributed by atoms with Gasteiger partial charge in [-0.3, -0.25) is 9.59 Å². The van der Waals surface area contributed by atoms with E-state index in [-0.39, 0.29) is 17.9 Å². The van der Waals surface area contributed by atoms with Gasteiger partial charge in [-0.05, 0) is 31.5 Å². The molecule has 1 aliphatic rings. The van der Waals surface area contributed by atoms with Crippen LogP contribution in [0.25, 0.3) is 0 Å². The van der Waals surface area contributed by atoms with Crippen molar-refractivity contribution in [2.45, 2.75) is 26.3 Å². The van der Waals surface area contributed by atoms with Crippen molar-refractivity contribution >= 4 is 11.8 Å². The summed E-state index contributed by atoms with van der Waals surface area (Å²) in [4.78, 5) is 28.1. The van der Waals surface area contributed by atoms with Crippen LogP contribution in [-0.4, -0.2) is 60.9 Å². The second-order valence-electron chi connectivity index (χ2n) is 6.04. The summed E-state index contributed by atoms with van der Waals surface area (Å²) in [6.45, 7) is 5.96. The van der Waals surface area contributed by atoms with Crippen LogP contribution in [0.2, 0.25) is 0 Å². The van der Waals surface area contributed by atoms with Crippen molar-refractivity contribution in [3.63, 3.8) is 0 Å². The van der Waals surface area contributed by atoms with Gasteiger partial charge in [-0.15, -0.1) is 0 Å². The monoisotopic (exact) mass is 319 g/mol. The molecule has 23 heavy (non-hydrogen) atoms. The fourth-order valence-corrected chi connectivity index (χ4v) is 2.70. The molecule has 2 N–H and O–H groups in total. The number of carbonyl (C=O) groups excluding carboxylic acids is 2. The van der Waals surface area contributed by atoms with E-state index in [2.05, 4.69) is 0 Å². The smallest absolute Gasteiger partial charge is 0.254 e. The molecule has 0 saturated carbocycles. The van der Waals surface area contributed by atoms with E-state index in [4.69, 9.17) is 10.5 Å². The molecule has 6 nitrogen and oxygen atoms in total. The Balaban J connectivity index is 1.97. The predicted molar refractivity (Wildman–Crippen MR) is 88.5 cm³/mol. The number of amides is 2. The van der Waals surface area contributed by atoms with E-state index < -0.39 is 0 Å². The van der Waals surface area contributed by atoms with Gasteiger partial charge in [-0.1, -0.05) is 6.07 Å². The molecule has 6 heteroatoms. The number of aryl methyl sites for hydroxylation is 1. The highest BCUT2D eigenvalue weighted by Crippen LogP contribution is 2.20. The molecule has 1 aromatic rings. The Morgan fingerprint density at radius 1 is 1.22 bits per heavy atom. The topological polar surface area (TPSA) is 75.9 Å². The SMILES string of the molecule is COc1cc(C(=O)N2CCN(C(=O)CC(C)N)CC2)ccc1C. The molecule has 0 aliphatic carbocycles. The van der Waals surface area contributed by atoms with Crippen molar-refractivity contribution in [3.8, 4) is 5.75 Å². The maximum atomic E-state index is 12.6. The van der Waals surface area contributed by atoms with Crippen molar-refractivity contribution in [2.24, 2.45) is 5.73 Å². The Morgan fingerprint density at radius 3 is 2.39 bits per heavy atom. The zero-order chi connectivity index (χ0) is 17.0. The van der Waals surface area contributed by atoms with E-state index in [0.717, 1.165) is 5.56 Å². The number of rotatable bonds is 4. The van der Waals surface area contributed by atoms with E-state index in [0.29, 0.717) is 43.9 Å². The average Bonchev–Trinajstić information content (AvgIpc) is 2.54. The maximum Gasteiger partial charge on any atom is 0.254 e. The first-order valence-corrected chi connectivity index (χ1v) is 7.89. The normalized spacial score (nSPS) is 16.2. The molecule has 0 spiro atoms. The first-order valence-electron chi connectivity index (χ1n) is 7.89. The number of nitrogens with two attached hydrogens (primary N) is 1. The Morgan fingerprint density at radius 2 is 1.83 bits per heavy atom. The van der Waals surface area contributed by atoms with Gasteiger partial charge in [0, 0.05) is 44.2 Å². The van der Waals surface area contributed by atoms with Crippen LogP contribution in [0.3, 0.4) is 0 Å². The fourth-order valence-electron chi connectivity index (χ4n) is 2.70. The Kier molecular flexibility index (Phi) is 5.60. The van der Waals surface area contributed by atoms with Crippen LogP contribution in [0, 0.1) is 6.92 Å². The molecule has 1 fully saturated rings. The molecule has 1 saturated heterocycles. The lowest BCUT2D eigenvalue weighted by Gasteiger charge is -2.35. The van der Waals surface area contributed by atoms with Crippen molar-refractivity contribution < 1.29 is 14.3 Å². The largest absolute Gasteiger partial charge is 0.496 e. The summed E-state index contributed by atoms with van der Waals surface area (Å²) in [5, 5.41) is 0. The van der Waals surface area contributed by atoms with E-state index in [1.54, 1.807) is 23.0 Å². The number of hydrogen-bond acceptors (Lipinski definition) is 4. The van der Waals surface area contributed by atoms with Gasteiger partial charge in [0.15, 0.2) is 0 Å². The van der Waals surface area contributed by atoms with Gasteiger partial charge in [0.25, 0.3) is 5.91 Å². The zero-order valence-corrected chi connectivity index (χ0v) is 14.0. The van der Waals surface area contributed by atoms with Gasteiger partial charge in [0.2, 0.25) is 5.91 Å². The minimum Gasteiger partial charge on any atom is -0.496 e. The molecule has 1 unspecified atom stereocenters. The van der Waals surface area contributed by atoms with Crippen molar-refractivity contribution in [3.05, 3.63) is 29.3 Å². The van der Waals surface area contributed by atoms with Crippen molar-refractivity contribution in [1.29, 1.82) is 0 Å². The van der Waals surface area contributed by atoms with Crippen LogP contribution < -0.4 is 10.5 Å². The lowest BCUT2D eigenvalue weighted by Crippen LogP contribution is -2.51. The average molecular weight is 319 g/mol. The molecule has 1 aromatic carbocycles. The number of nitrogens with zero attached hydrogens (tertiary/aromatic N) is 2. The summed E-state index contributed by atoms with van der Waals surface area (Å²) in [6.07, 6.45) is 0.350. The molecular weight excluding hydrogens is 294 g/mol. The molecule has 0 bridgehead atoms. The third kappa shape index (κ3) is 4.22. The number of carbonyl (C=O) groups is 2. The summed E-state index contributed by atoms with van der Waals surface area (Å²) in [7, 11) is 1.60. The second kappa shape index (κ2) is 7.46. The Labute approximate surface area is 137 Å². The van der Waals surface area contributed by atoms with Gasteiger partial charge in [0.05, 0.1) is 7.11 Å². The number of benzene rings is 1. The quantitative estimate of drug-likeness (QED) is 0.899. The predicted octanol–water partition coefficient (Wildman–Crippen LogP) is 1.03. The first-order chi connectivity index (χ1) is 10.9. The lowest BCUT2D eigenvalue weighted by molar-refractivity contribution is -0.132. The van der Waals surface area contributed by atoms with E-state index >= 15 is 0 Å². The number of methoxy groups -OCH3 is 1. The van der Waals surface area contributed by atoms with Crippen LogP contribution in [-0.2, 0) is 4.79 Å². The van der Waals surface area contributed by atoms with Crippen LogP contribution >= 0.6 is 0 Å². The molecule has 2 amide bonds. The van der Waals surface area contributed by atoms with Gasteiger partial charge in [-0.2, -0.15) is 0 Å². The molecule has 126 valence electrons.